The van der Waals surface area contributed by atoms with Crippen LogP contribution < -0.4 is 5.32 Å². The molecule has 0 saturated heterocycles. The Balaban J connectivity index is 1.36. The standard InChI is InChI=1S/C24H19FN4O3S/c25-18-9-3-1-6-15(18)14-33-24-28-19-10-4-2-8-17(19)22-27-20(23(31)29(22)24)12-21(30)26-13-16-7-5-11-32-16/h1-11,20H,12-14H2,(H,26,30)/t20-/m0/s1. The molecule has 0 radical (unpaired) electrons. The number of hydrogen-bond donors (Lipinski definition) is 1. The van der Waals surface area contributed by atoms with E-state index in [0.717, 1.165) is 5.56 Å². The second-order valence-corrected chi connectivity index (χ2v) is 8.44. The molecular weight excluding hydrogens is 443 g/mol. The summed E-state index contributed by atoms with van der Waals surface area (Å²) in [4.78, 5) is 36.4. The van der Waals surface area contributed by atoms with Gasteiger partial charge in [0.2, 0.25) is 5.91 Å². The Kier molecular flexibility index (Phi) is 5.78. The number of thioether (sulfide) groups is 1. The number of nitrogens with one attached hydrogen (secondary N) is 1. The fraction of sp³-hybridized carbons (Fsp3) is 0.167. The quantitative estimate of drug-likeness (QED) is 0.600. The minimum Gasteiger partial charge on any atom is -0.467 e. The zero-order valence-electron chi connectivity index (χ0n) is 17.4. The summed E-state index contributed by atoms with van der Waals surface area (Å²) in [5.41, 5.74) is 1.92. The second kappa shape index (κ2) is 9.03. The smallest absolute Gasteiger partial charge is 0.259 e. The molecule has 7 nitrogen and oxygen atoms in total. The highest BCUT2D eigenvalue weighted by molar-refractivity contribution is 8.13. The molecule has 2 aliphatic heterocycles. The summed E-state index contributed by atoms with van der Waals surface area (Å²) in [6.07, 6.45) is 1.44. The molecule has 9 heteroatoms. The lowest BCUT2D eigenvalue weighted by Gasteiger charge is -2.25. The van der Waals surface area contributed by atoms with E-state index in [9.17, 15) is 14.0 Å². The Morgan fingerprint density at radius 2 is 1.94 bits per heavy atom. The van der Waals surface area contributed by atoms with E-state index in [0.29, 0.717) is 33.8 Å². The molecule has 1 aromatic heterocycles. The number of nitrogens with zero attached hydrogens (tertiary/aromatic N) is 3. The molecule has 5 rings (SSSR count). The molecule has 0 spiro atoms. The van der Waals surface area contributed by atoms with E-state index in [-0.39, 0.29) is 30.6 Å². The van der Waals surface area contributed by atoms with Crippen LogP contribution in [0.25, 0.3) is 0 Å². The van der Waals surface area contributed by atoms with E-state index in [1.54, 1.807) is 30.3 Å². The van der Waals surface area contributed by atoms with Gasteiger partial charge in [0, 0.05) is 11.3 Å². The van der Waals surface area contributed by atoms with Crippen molar-refractivity contribution in [3.63, 3.8) is 0 Å². The average molecular weight is 463 g/mol. The lowest BCUT2D eigenvalue weighted by atomic mass is 10.1. The minimum atomic E-state index is -0.859. The van der Waals surface area contributed by atoms with Crippen LogP contribution in [0.2, 0.25) is 0 Å². The van der Waals surface area contributed by atoms with Gasteiger partial charge >= 0.3 is 0 Å². The zero-order chi connectivity index (χ0) is 22.8. The van der Waals surface area contributed by atoms with Crippen LogP contribution in [0, 0.1) is 5.82 Å². The molecule has 0 fully saturated rings. The number of carbonyl (C=O) groups is 2. The molecule has 3 aromatic rings. The van der Waals surface area contributed by atoms with Crippen LogP contribution in [0.5, 0.6) is 0 Å². The molecule has 3 heterocycles. The van der Waals surface area contributed by atoms with Gasteiger partial charge in [-0.1, -0.05) is 42.1 Å². The third kappa shape index (κ3) is 4.31. The predicted octanol–water partition coefficient (Wildman–Crippen LogP) is 4.02. The number of halogens is 1. The number of aliphatic imine (C=N–C) groups is 2. The first-order valence-electron chi connectivity index (χ1n) is 10.4. The summed E-state index contributed by atoms with van der Waals surface area (Å²) in [5.74, 6) is 0.448. The number of furan rings is 1. The topological polar surface area (TPSA) is 87.3 Å². The molecule has 1 N–H and O–H groups in total. The van der Waals surface area contributed by atoms with Crippen molar-refractivity contribution in [1.29, 1.82) is 0 Å². The van der Waals surface area contributed by atoms with Gasteiger partial charge in [-0.25, -0.2) is 14.3 Å². The van der Waals surface area contributed by atoms with E-state index >= 15 is 0 Å². The van der Waals surface area contributed by atoms with Gasteiger partial charge in [0.1, 0.15) is 23.5 Å². The lowest BCUT2D eigenvalue weighted by molar-refractivity contribution is -0.128. The molecule has 166 valence electrons. The Bertz CT molecular complexity index is 1270. The van der Waals surface area contributed by atoms with Crippen molar-refractivity contribution in [3.05, 3.63) is 89.6 Å². The van der Waals surface area contributed by atoms with Crippen molar-refractivity contribution >= 4 is 40.3 Å². The van der Waals surface area contributed by atoms with Crippen molar-refractivity contribution in [2.24, 2.45) is 9.98 Å². The van der Waals surface area contributed by atoms with Crippen molar-refractivity contribution in [2.45, 2.75) is 24.8 Å². The molecule has 2 aromatic carbocycles. The van der Waals surface area contributed by atoms with Gasteiger partial charge in [0.25, 0.3) is 5.91 Å². The molecule has 0 unspecified atom stereocenters. The largest absolute Gasteiger partial charge is 0.467 e. The maximum Gasteiger partial charge on any atom is 0.259 e. The van der Waals surface area contributed by atoms with Crippen LogP contribution in [0.4, 0.5) is 10.1 Å². The monoisotopic (exact) mass is 462 g/mol. The summed E-state index contributed by atoms with van der Waals surface area (Å²) in [5, 5.41) is 3.16. The number of fused-ring (bicyclic) bond motifs is 3. The van der Waals surface area contributed by atoms with Crippen LogP contribution >= 0.6 is 11.8 Å². The highest BCUT2D eigenvalue weighted by Gasteiger charge is 2.42. The highest BCUT2D eigenvalue weighted by atomic mass is 32.2. The molecule has 1 atom stereocenters. The molecule has 0 bridgehead atoms. The second-order valence-electron chi connectivity index (χ2n) is 7.49. The van der Waals surface area contributed by atoms with E-state index in [1.807, 2.05) is 24.3 Å². The van der Waals surface area contributed by atoms with Gasteiger partial charge in [-0.05, 0) is 35.9 Å². The normalized spacial score (nSPS) is 16.7. The van der Waals surface area contributed by atoms with Crippen molar-refractivity contribution < 1.29 is 18.4 Å². The summed E-state index contributed by atoms with van der Waals surface area (Å²) in [7, 11) is 0. The highest BCUT2D eigenvalue weighted by Crippen LogP contribution is 2.35. The number of rotatable bonds is 6. The van der Waals surface area contributed by atoms with E-state index in [2.05, 4.69) is 15.3 Å². The van der Waals surface area contributed by atoms with Gasteiger partial charge in [-0.2, -0.15) is 0 Å². The fourth-order valence-electron chi connectivity index (χ4n) is 3.64. The first-order chi connectivity index (χ1) is 16.1. The number of para-hydroxylation sites is 1. The van der Waals surface area contributed by atoms with Gasteiger partial charge in [0.15, 0.2) is 5.17 Å². The number of amides is 2. The van der Waals surface area contributed by atoms with Gasteiger partial charge < -0.3 is 9.73 Å². The summed E-state index contributed by atoms with van der Waals surface area (Å²) < 4.78 is 19.3. The zero-order valence-corrected chi connectivity index (χ0v) is 18.2. The van der Waals surface area contributed by atoms with Crippen molar-refractivity contribution in [2.75, 3.05) is 0 Å². The van der Waals surface area contributed by atoms with Crippen LogP contribution in [0.1, 0.15) is 23.3 Å². The predicted molar refractivity (Wildman–Crippen MR) is 124 cm³/mol. The Morgan fingerprint density at radius 3 is 2.76 bits per heavy atom. The van der Waals surface area contributed by atoms with E-state index < -0.39 is 6.04 Å². The third-order valence-corrected chi connectivity index (χ3v) is 6.27. The fourth-order valence-corrected chi connectivity index (χ4v) is 4.62. The van der Waals surface area contributed by atoms with Crippen molar-refractivity contribution in [3.8, 4) is 0 Å². The first kappa shape index (κ1) is 21.1. The van der Waals surface area contributed by atoms with Gasteiger partial charge in [-0.15, -0.1) is 0 Å². The molecule has 2 amide bonds. The molecular formula is C24H19FN4O3S. The third-order valence-electron chi connectivity index (χ3n) is 5.28. The summed E-state index contributed by atoms with van der Waals surface area (Å²) in [6, 6.07) is 16.5. The maximum absolute atomic E-state index is 14.1. The minimum absolute atomic E-state index is 0.0903. The van der Waals surface area contributed by atoms with Crippen LogP contribution in [0.3, 0.4) is 0 Å². The summed E-state index contributed by atoms with van der Waals surface area (Å²) >= 11 is 1.26. The maximum atomic E-state index is 14.1. The lowest BCUT2D eigenvalue weighted by Crippen LogP contribution is -2.42. The molecule has 0 aliphatic carbocycles. The van der Waals surface area contributed by atoms with Crippen LogP contribution in [-0.2, 0) is 21.9 Å². The number of amidine groups is 2. The van der Waals surface area contributed by atoms with E-state index in [1.165, 1.54) is 29.0 Å². The van der Waals surface area contributed by atoms with Crippen LogP contribution in [0.15, 0.2) is 81.3 Å². The Morgan fingerprint density at radius 1 is 1.12 bits per heavy atom. The molecule has 33 heavy (non-hydrogen) atoms. The van der Waals surface area contributed by atoms with Crippen LogP contribution in [-0.4, -0.2) is 33.8 Å². The van der Waals surface area contributed by atoms with Gasteiger partial charge in [0.05, 0.1) is 24.9 Å². The number of carbonyl (C=O) groups excluding carboxylic acids is 2. The number of hydrogen-bond acceptors (Lipinski definition) is 6. The Labute approximate surface area is 193 Å². The van der Waals surface area contributed by atoms with Gasteiger partial charge in [-0.3, -0.25) is 14.6 Å². The molecule has 0 saturated carbocycles. The van der Waals surface area contributed by atoms with E-state index in [4.69, 9.17) is 4.42 Å². The summed E-state index contributed by atoms with van der Waals surface area (Å²) in [6.45, 7) is 0.237. The average Bonchev–Trinajstić information content (AvgIpc) is 3.46. The first-order valence-corrected chi connectivity index (χ1v) is 11.3. The number of benzene rings is 2. The van der Waals surface area contributed by atoms with Crippen molar-refractivity contribution in [1.82, 2.24) is 10.2 Å². The Hall–Kier alpha value is -3.72. The molecule has 2 aliphatic rings. The SMILES string of the molecule is O=C(C[C@@H]1N=C2c3ccccc3N=C(SCc3ccccc3F)N2C1=O)NCc1ccco1.